The minimum atomic E-state index is -0.459. The summed E-state index contributed by atoms with van der Waals surface area (Å²) in [6.45, 7) is 2.40. The van der Waals surface area contributed by atoms with Gasteiger partial charge in [-0.25, -0.2) is 5.43 Å². The minimum absolute atomic E-state index is 0.221. The molecule has 2 rings (SSSR count). The molecular formula is C21H25N3O5. The molecule has 0 saturated carbocycles. The van der Waals surface area contributed by atoms with Crippen LogP contribution in [0, 0.1) is 0 Å². The Labute approximate surface area is 169 Å². The van der Waals surface area contributed by atoms with Gasteiger partial charge in [-0.3, -0.25) is 9.59 Å². The number of carbonyl (C=O) groups is 2. The van der Waals surface area contributed by atoms with E-state index in [1.54, 1.807) is 49.6 Å². The van der Waals surface area contributed by atoms with E-state index in [2.05, 4.69) is 15.8 Å². The summed E-state index contributed by atoms with van der Waals surface area (Å²) in [6, 6.07) is 12.1. The van der Waals surface area contributed by atoms with E-state index in [1.165, 1.54) is 13.3 Å². The molecule has 29 heavy (non-hydrogen) atoms. The third kappa shape index (κ3) is 6.53. The SMILES string of the molecule is CCCOc1ccc(C=NNC(=O)CNC(=O)c2ccccc2OC)cc1OC. The van der Waals surface area contributed by atoms with Crippen molar-refractivity contribution < 1.29 is 23.8 Å². The van der Waals surface area contributed by atoms with Crippen LogP contribution in [0.4, 0.5) is 0 Å². The van der Waals surface area contributed by atoms with Gasteiger partial charge in [0.1, 0.15) is 5.75 Å². The summed E-state index contributed by atoms with van der Waals surface area (Å²) in [5, 5.41) is 6.42. The average molecular weight is 399 g/mol. The van der Waals surface area contributed by atoms with Crippen LogP contribution in [0.3, 0.4) is 0 Å². The van der Waals surface area contributed by atoms with E-state index in [-0.39, 0.29) is 6.54 Å². The number of ether oxygens (including phenoxy) is 3. The monoisotopic (exact) mass is 399 g/mol. The Bertz CT molecular complexity index is 867. The second-order valence-electron chi connectivity index (χ2n) is 5.93. The van der Waals surface area contributed by atoms with E-state index in [9.17, 15) is 9.59 Å². The summed E-state index contributed by atoms with van der Waals surface area (Å²) in [4.78, 5) is 24.1. The highest BCUT2D eigenvalue weighted by Crippen LogP contribution is 2.27. The second-order valence-corrected chi connectivity index (χ2v) is 5.93. The highest BCUT2D eigenvalue weighted by molar-refractivity contribution is 5.98. The lowest BCUT2D eigenvalue weighted by atomic mass is 10.2. The molecule has 0 atom stereocenters. The van der Waals surface area contributed by atoms with Crippen molar-refractivity contribution in [1.82, 2.24) is 10.7 Å². The van der Waals surface area contributed by atoms with Crippen molar-refractivity contribution in [2.75, 3.05) is 27.4 Å². The topological polar surface area (TPSA) is 98.2 Å². The van der Waals surface area contributed by atoms with E-state index >= 15 is 0 Å². The molecule has 0 saturated heterocycles. The molecule has 0 aromatic heterocycles. The fourth-order valence-electron chi connectivity index (χ4n) is 2.40. The molecule has 0 radical (unpaired) electrons. The second kappa shape index (κ2) is 11.3. The summed E-state index contributed by atoms with van der Waals surface area (Å²) in [5.41, 5.74) is 3.44. The molecule has 8 nitrogen and oxygen atoms in total. The van der Waals surface area contributed by atoms with Gasteiger partial charge in [0, 0.05) is 0 Å². The summed E-state index contributed by atoms with van der Waals surface area (Å²) in [7, 11) is 3.03. The van der Waals surface area contributed by atoms with Crippen molar-refractivity contribution in [3.05, 3.63) is 53.6 Å². The van der Waals surface area contributed by atoms with Gasteiger partial charge in [0.2, 0.25) is 0 Å². The number of hydrogen-bond acceptors (Lipinski definition) is 6. The zero-order valence-electron chi connectivity index (χ0n) is 16.7. The molecule has 0 aliphatic rings. The van der Waals surface area contributed by atoms with Crippen LogP contribution in [-0.4, -0.2) is 45.4 Å². The zero-order chi connectivity index (χ0) is 21.1. The Morgan fingerprint density at radius 1 is 1.03 bits per heavy atom. The van der Waals surface area contributed by atoms with Crippen molar-refractivity contribution in [3.63, 3.8) is 0 Å². The van der Waals surface area contributed by atoms with Gasteiger partial charge in [0.15, 0.2) is 11.5 Å². The summed E-state index contributed by atoms with van der Waals surface area (Å²) < 4.78 is 16.0. The number of nitrogens with zero attached hydrogens (tertiary/aromatic N) is 1. The molecule has 2 N–H and O–H groups in total. The number of methoxy groups -OCH3 is 2. The molecule has 0 unspecified atom stereocenters. The zero-order valence-corrected chi connectivity index (χ0v) is 16.7. The van der Waals surface area contributed by atoms with Gasteiger partial charge >= 0.3 is 0 Å². The van der Waals surface area contributed by atoms with Gasteiger partial charge in [-0.15, -0.1) is 0 Å². The lowest BCUT2D eigenvalue weighted by Crippen LogP contribution is -2.35. The molecule has 0 spiro atoms. The number of benzene rings is 2. The summed E-state index contributed by atoms with van der Waals surface area (Å²) in [5.74, 6) is 0.796. The number of nitrogens with one attached hydrogen (secondary N) is 2. The number of rotatable bonds is 10. The molecule has 0 bridgehead atoms. The molecule has 0 aliphatic heterocycles. The van der Waals surface area contributed by atoms with Crippen LogP contribution >= 0.6 is 0 Å². The maximum Gasteiger partial charge on any atom is 0.259 e. The van der Waals surface area contributed by atoms with Gasteiger partial charge in [0.25, 0.3) is 11.8 Å². The van der Waals surface area contributed by atoms with Crippen molar-refractivity contribution in [1.29, 1.82) is 0 Å². The van der Waals surface area contributed by atoms with Crippen molar-refractivity contribution in [3.8, 4) is 17.2 Å². The Morgan fingerprint density at radius 3 is 2.52 bits per heavy atom. The van der Waals surface area contributed by atoms with Gasteiger partial charge in [-0.2, -0.15) is 5.10 Å². The highest BCUT2D eigenvalue weighted by atomic mass is 16.5. The lowest BCUT2D eigenvalue weighted by molar-refractivity contribution is -0.120. The van der Waals surface area contributed by atoms with Crippen LogP contribution in [0.25, 0.3) is 0 Å². The van der Waals surface area contributed by atoms with Crippen molar-refractivity contribution in [2.45, 2.75) is 13.3 Å². The number of para-hydroxylation sites is 1. The number of amides is 2. The van der Waals surface area contributed by atoms with Gasteiger partial charge in [-0.05, 0) is 42.3 Å². The van der Waals surface area contributed by atoms with E-state index in [0.717, 1.165) is 12.0 Å². The maximum absolute atomic E-state index is 12.2. The fraction of sp³-hybridized carbons (Fsp3) is 0.286. The summed E-state index contributed by atoms with van der Waals surface area (Å²) >= 11 is 0. The predicted molar refractivity (Wildman–Crippen MR) is 110 cm³/mol. The first-order valence-electron chi connectivity index (χ1n) is 9.13. The predicted octanol–water partition coefficient (Wildman–Crippen LogP) is 2.37. The lowest BCUT2D eigenvalue weighted by Gasteiger charge is -2.10. The number of hydrogen-bond donors (Lipinski definition) is 2. The first-order valence-corrected chi connectivity index (χ1v) is 9.13. The maximum atomic E-state index is 12.2. The molecule has 0 fully saturated rings. The van der Waals surface area contributed by atoms with Crippen molar-refractivity contribution in [2.24, 2.45) is 5.10 Å². The third-order valence-electron chi connectivity index (χ3n) is 3.81. The van der Waals surface area contributed by atoms with Crippen LogP contribution in [0.2, 0.25) is 0 Å². The highest BCUT2D eigenvalue weighted by Gasteiger charge is 2.12. The van der Waals surface area contributed by atoms with Gasteiger partial charge < -0.3 is 19.5 Å². The molecule has 154 valence electrons. The Hall–Kier alpha value is -3.55. The molecule has 8 heteroatoms. The quantitative estimate of drug-likeness (QED) is 0.472. The van der Waals surface area contributed by atoms with Crippen molar-refractivity contribution >= 4 is 18.0 Å². The van der Waals surface area contributed by atoms with E-state index < -0.39 is 11.8 Å². The van der Waals surface area contributed by atoms with E-state index in [1.807, 2.05) is 6.92 Å². The first kappa shape index (κ1) is 21.7. The van der Waals surface area contributed by atoms with Gasteiger partial charge in [-0.1, -0.05) is 19.1 Å². The molecule has 2 aromatic rings. The Morgan fingerprint density at radius 2 is 1.79 bits per heavy atom. The fourth-order valence-corrected chi connectivity index (χ4v) is 2.40. The van der Waals surface area contributed by atoms with E-state index in [0.29, 0.717) is 29.4 Å². The third-order valence-corrected chi connectivity index (χ3v) is 3.81. The average Bonchev–Trinajstić information content (AvgIpc) is 2.76. The molecule has 0 aliphatic carbocycles. The molecular weight excluding hydrogens is 374 g/mol. The summed E-state index contributed by atoms with van der Waals surface area (Å²) in [6.07, 6.45) is 2.37. The molecule has 0 heterocycles. The largest absolute Gasteiger partial charge is 0.496 e. The van der Waals surface area contributed by atoms with Crippen LogP contribution < -0.4 is 25.0 Å². The first-order chi connectivity index (χ1) is 14.1. The van der Waals surface area contributed by atoms with E-state index in [4.69, 9.17) is 14.2 Å². The smallest absolute Gasteiger partial charge is 0.259 e. The normalized spacial score (nSPS) is 10.4. The van der Waals surface area contributed by atoms with Crippen LogP contribution in [0.1, 0.15) is 29.3 Å². The number of carbonyl (C=O) groups excluding carboxylic acids is 2. The van der Waals surface area contributed by atoms with Crippen LogP contribution in [-0.2, 0) is 4.79 Å². The standard InChI is InChI=1S/C21H25N3O5/c1-4-11-29-18-10-9-15(12-19(18)28-3)13-23-24-20(25)14-22-21(26)16-7-5-6-8-17(16)27-2/h5-10,12-13H,4,11,14H2,1-3H3,(H,22,26)(H,24,25). The molecule has 2 amide bonds. The minimum Gasteiger partial charge on any atom is -0.496 e. The van der Waals surface area contributed by atoms with Crippen LogP contribution in [0.15, 0.2) is 47.6 Å². The molecule has 2 aromatic carbocycles. The number of hydrazone groups is 1. The Kier molecular flexibility index (Phi) is 8.50. The van der Waals surface area contributed by atoms with Crippen LogP contribution in [0.5, 0.6) is 17.2 Å². The Balaban J connectivity index is 1.87. The van der Waals surface area contributed by atoms with Gasteiger partial charge in [0.05, 0.1) is 39.1 Å².